The molecular formula is C25H25BrN2O2. The largest absolute Gasteiger partial charge is 0.508 e. The van der Waals surface area contributed by atoms with E-state index in [0.29, 0.717) is 0 Å². The predicted molar refractivity (Wildman–Crippen MR) is 124 cm³/mol. The van der Waals surface area contributed by atoms with Gasteiger partial charge < -0.3 is 15.2 Å². The summed E-state index contributed by atoms with van der Waals surface area (Å²) in [5.41, 5.74) is 5.37. The highest BCUT2D eigenvalue weighted by molar-refractivity contribution is 9.10. The van der Waals surface area contributed by atoms with Crippen molar-refractivity contribution in [2.45, 2.75) is 25.6 Å². The van der Waals surface area contributed by atoms with Gasteiger partial charge in [0.2, 0.25) is 0 Å². The van der Waals surface area contributed by atoms with Gasteiger partial charge in [-0.05, 0) is 63.3 Å². The van der Waals surface area contributed by atoms with Crippen LogP contribution in [-0.4, -0.2) is 12.2 Å². The molecule has 0 aliphatic carbocycles. The molecule has 0 fully saturated rings. The first-order chi connectivity index (χ1) is 14.6. The van der Waals surface area contributed by atoms with E-state index in [-0.39, 0.29) is 18.0 Å². The summed E-state index contributed by atoms with van der Waals surface area (Å²) in [6.07, 6.45) is 3.00. The molecule has 154 valence electrons. The number of nitrogens with one attached hydrogen (secondary N) is 2. The Morgan fingerprint density at radius 1 is 1.03 bits per heavy atom. The fraction of sp³-hybridized carbons (Fsp3) is 0.200. The third-order valence-electron chi connectivity index (χ3n) is 5.43. The monoisotopic (exact) mass is 464 g/mol. The average Bonchev–Trinajstić information content (AvgIpc) is 2.79. The predicted octanol–water partition coefficient (Wildman–Crippen LogP) is 5.70. The summed E-state index contributed by atoms with van der Waals surface area (Å²) in [6, 6.07) is 22.0. The lowest BCUT2D eigenvalue weighted by Crippen LogP contribution is -2.39. The Labute approximate surface area is 185 Å². The van der Waals surface area contributed by atoms with Gasteiger partial charge in [-0.1, -0.05) is 55.5 Å². The van der Waals surface area contributed by atoms with Crippen LogP contribution in [0, 0.1) is 0 Å². The molecule has 1 aliphatic heterocycles. The third-order valence-corrected chi connectivity index (χ3v) is 6.05. The molecule has 5 heteroatoms. The number of hydrogen-bond donors (Lipinski definition) is 3. The number of aromatic hydroxyl groups is 1. The van der Waals surface area contributed by atoms with Gasteiger partial charge in [0, 0.05) is 11.3 Å². The molecule has 0 radical (unpaired) electrons. The lowest BCUT2D eigenvalue weighted by molar-refractivity contribution is 0.408. The third kappa shape index (κ3) is 4.23. The number of phenolic OH excluding ortho intramolecular Hbond substituents is 1. The van der Waals surface area contributed by atoms with E-state index in [0.717, 1.165) is 39.0 Å². The molecule has 0 saturated carbocycles. The van der Waals surface area contributed by atoms with Gasteiger partial charge >= 0.3 is 0 Å². The zero-order chi connectivity index (χ0) is 21.1. The summed E-state index contributed by atoms with van der Waals surface area (Å²) < 4.78 is 6.27. The van der Waals surface area contributed by atoms with Crippen molar-refractivity contribution in [1.29, 1.82) is 0 Å². The molecule has 0 bridgehead atoms. The van der Waals surface area contributed by atoms with E-state index in [9.17, 15) is 5.11 Å². The van der Waals surface area contributed by atoms with Crippen LogP contribution in [0.25, 0.3) is 5.70 Å². The van der Waals surface area contributed by atoms with Crippen molar-refractivity contribution in [3.05, 3.63) is 99.5 Å². The SMILES string of the molecule is CCc1ccc(C2=CC(c3ccccc3O)NC(c3ccc(OC)c(Br)c3)N2)cc1. The first-order valence-corrected chi connectivity index (χ1v) is 10.8. The van der Waals surface area contributed by atoms with Crippen LogP contribution < -0.4 is 15.4 Å². The van der Waals surface area contributed by atoms with Crippen molar-refractivity contribution in [3.8, 4) is 11.5 Å². The minimum atomic E-state index is -0.140. The van der Waals surface area contributed by atoms with Crippen LogP contribution in [0.15, 0.2) is 77.3 Å². The summed E-state index contributed by atoms with van der Waals surface area (Å²) in [4.78, 5) is 0. The number of rotatable bonds is 5. The van der Waals surface area contributed by atoms with Crippen LogP contribution in [-0.2, 0) is 6.42 Å². The second-order valence-corrected chi connectivity index (χ2v) is 8.16. The van der Waals surface area contributed by atoms with Gasteiger partial charge in [-0.3, -0.25) is 5.32 Å². The average molecular weight is 465 g/mol. The lowest BCUT2D eigenvalue weighted by atomic mass is 9.97. The smallest absolute Gasteiger partial charge is 0.133 e. The summed E-state index contributed by atoms with van der Waals surface area (Å²) in [6.45, 7) is 2.16. The Balaban J connectivity index is 1.74. The standard InChI is InChI=1S/C25H25BrN2O2/c1-3-16-8-10-17(11-9-16)21-15-22(19-6-4-5-7-23(19)29)28-25(27-21)18-12-13-24(30-2)20(26)14-18/h4-15,22,25,27-29H,3H2,1-2H3. The molecule has 1 aliphatic rings. The summed E-state index contributed by atoms with van der Waals surface area (Å²) in [5.74, 6) is 1.07. The molecule has 3 N–H and O–H groups in total. The number of halogens is 1. The van der Waals surface area contributed by atoms with Crippen LogP contribution in [0.1, 0.15) is 41.4 Å². The Hall–Kier alpha value is -2.76. The molecule has 4 nitrogen and oxygen atoms in total. The number of phenols is 1. The fourth-order valence-corrected chi connectivity index (χ4v) is 4.27. The van der Waals surface area contributed by atoms with Crippen LogP contribution in [0.3, 0.4) is 0 Å². The van der Waals surface area contributed by atoms with Crippen molar-refractivity contribution < 1.29 is 9.84 Å². The van der Waals surface area contributed by atoms with E-state index in [4.69, 9.17) is 4.74 Å². The number of benzene rings is 3. The number of para-hydroxylation sites is 1. The molecule has 0 amide bonds. The first-order valence-electron chi connectivity index (χ1n) is 10.0. The number of methoxy groups -OCH3 is 1. The molecule has 3 aromatic rings. The van der Waals surface area contributed by atoms with Gasteiger partial charge in [0.25, 0.3) is 0 Å². The van der Waals surface area contributed by atoms with Gasteiger partial charge in [0.1, 0.15) is 17.7 Å². The summed E-state index contributed by atoms with van der Waals surface area (Å²) >= 11 is 3.59. The molecule has 30 heavy (non-hydrogen) atoms. The van der Waals surface area contributed by atoms with Gasteiger partial charge in [-0.25, -0.2) is 0 Å². The van der Waals surface area contributed by atoms with Crippen molar-refractivity contribution >= 4 is 21.6 Å². The van der Waals surface area contributed by atoms with E-state index < -0.39 is 0 Å². The molecule has 2 unspecified atom stereocenters. The van der Waals surface area contributed by atoms with E-state index >= 15 is 0 Å². The molecule has 3 aromatic carbocycles. The maximum Gasteiger partial charge on any atom is 0.133 e. The molecular weight excluding hydrogens is 440 g/mol. The molecule has 0 aromatic heterocycles. The first kappa shape index (κ1) is 20.5. The van der Waals surface area contributed by atoms with Crippen molar-refractivity contribution in [3.63, 3.8) is 0 Å². The Kier molecular flexibility index (Phi) is 6.11. The molecule has 4 rings (SSSR count). The summed E-state index contributed by atoms with van der Waals surface area (Å²) in [5, 5.41) is 17.7. The van der Waals surface area contributed by atoms with Crippen molar-refractivity contribution in [2.24, 2.45) is 0 Å². The fourth-order valence-electron chi connectivity index (χ4n) is 3.71. The Morgan fingerprint density at radius 2 is 1.80 bits per heavy atom. The van der Waals surface area contributed by atoms with Crippen molar-refractivity contribution in [1.82, 2.24) is 10.6 Å². The topological polar surface area (TPSA) is 53.5 Å². The number of ether oxygens (including phenoxy) is 1. The van der Waals surface area contributed by atoms with E-state index in [1.165, 1.54) is 5.56 Å². The highest BCUT2D eigenvalue weighted by Gasteiger charge is 2.26. The van der Waals surface area contributed by atoms with E-state index in [1.807, 2.05) is 30.3 Å². The number of aryl methyl sites for hydroxylation is 1. The van der Waals surface area contributed by atoms with Crippen LogP contribution in [0.2, 0.25) is 0 Å². The molecule has 1 heterocycles. The zero-order valence-corrected chi connectivity index (χ0v) is 18.6. The number of hydrogen-bond acceptors (Lipinski definition) is 4. The van der Waals surface area contributed by atoms with Crippen LogP contribution in [0.4, 0.5) is 0 Å². The second kappa shape index (κ2) is 8.94. The minimum absolute atomic E-state index is 0.136. The molecule has 0 saturated heterocycles. The highest BCUT2D eigenvalue weighted by Crippen LogP contribution is 2.35. The normalized spacial score (nSPS) is 18.4. The van der Waals surface area contributed by atoms with E-state index in [1.54, 1.807) is 13.2 Å². The Bertz CT molecular complexity index is 1060. The van der Waals surface area contributed by atoms with Gasteiger partial charge in [0.15, 0.2) is 0 Å². The maximum absolute atomic E-state index is 10.4. The van der Waals surface area contributed by atoms with Crippen LogP contribution in [0.5, 0.6) is 11.5 Å². The second-order valence-electron chi connectivity index (χ2n) is 7.31. The zero-order valence-electron chi connectivity index (χ0n) is 17.0. The molecule has 0 spiro atoms. The van der Waals surface area contributed by atoms with Gasteiger partial charge in [0.05, 0.1) is 17.6 Å². The minimum Gasteiger partial charge on any atom is -0.508 e. The Morgan fingerprint density at radius 3 is 2.47 bits per heavy atom. The summed E-state index contributed by atoms with van der Waals surface area (Å²) in [7, 11) is 1.66. The van der Waals surface area contributed by atoms with Gasteiger partial charge in [-0.2, -0.15) is 0 Å². The maximum atomic E-state index is 10.4. The molecule has 2 atom stereocenters. The van der Waals surface area contributed by atoms with Crippen molar-refractivity contribution in [2.75, 3.05) is 7.11 Å². The quantitative estimate of drug-likeness (QED) is 0.453. The lowest BCUT2D eigenvalue weighted by Gasteiger charge is -2.33. The van der Waals surface area contributed by atoms with Crippen LogP contribution >= 0.6 is 15.9 Å². The highest BCUT2D eigenvalue weighted by atomic mass is 79.9. The van der Waals surface area contributed by atoms with E-state index in [2.05, 4.69) is 69.9 Å². The van der Waals surface area contributed by atoms with Gasteiger partial charge in [-0.15, -0.1) is 0 Å².